The molecule has 1 amide bonds. The molecule has 1 unspecified atom stereocenters. The molecular formula is C15H16N4OS. The maximum absolute atomic E-state index is 12.0. The van der Waals surface area contributed by atoms with E-state index in [1.54, 1.807) is 22.2 Å². The standard InChI is InChI=1S/C15H16N4OS/c1-12(14-5-4-8-21-14)17-15(20)11-19-10-13(9-16-19)18-6-2-3-7-18/h2-10,12H,11H2,1H3,(H,17,20). The lowest BCUT2D eigenvalue weighted by Crippen LogP contribution is -2.29. The monoisotopic (exact) mass is 300 g/mol. The fourth-order valence-corrected chi connectivity index (χ4v) is 2.86. The Labute approximate surface area is 126 Å². The molecule has 0 aromatic carbocycles. The Kier molecular flexibility index (Phi) is 3.87. The highest BCUT2D eigenvalue weighted by molar-refractivity contribution is 7.10. The highest BCUT2D eigenvalue weighted by Gasteiger charge is 2.11. The molecule has 1 N–H and O–H groups in total. The maximum Gasteiger partial charge on any atom is 0.242 e. The zero-order valence-corrected chi connectivity index (χ0v) is 12.5. The summed E-state index contributed by atoms with van der Waals surface area (Å²) in [6.07, 6.45) is 7.49. The molecular weight excluding hydrogens is 284 g/mol. The van der Waals surface area contributed by atoms with E-state index in [0.717, 1.165) is 10.6 Å². The third kappa shape index (κ3) is 3.22. The Morgan fingerprint density at radius 1 is 1.38 bits per heavy atom. The van der Waals surface area contributed by atoms with E-state index in [9.17, 15) is 4.79 Å². The van der Waals surface area contributed by atoms with E-state index in [4.69, 9.17) is 0 Å². The first-order valence-corrected chi connectivity index (χ1v) is 7.59. The number of carbonyl (C=O) groups is 1. The van der Waals surface area contributed by atoms with Gasteiger partial charge in [0, 0.05) is 23.5 Å². The first kappa shape index (κ1) is 13.6. The van der Waals surface area contributed by atoms with Crippen LogP contribution in [0.4, 0.5) is 0 Å². The first-order chi connectivity index (χ1) is 10.2. The molecule has 3 aromatic heterocycles. The van der Waals surface area contributed by atoms with E-state index in [2.05, 4.69) is 10.4 Å². The summed E-state index contributed by atoms with van der Waals surface area (Å²) in [4.78, 5) is 13.2. The smallest absolute Gasteiger partial charge is 0.242 e. The van der Waals surface area contributed by atoms with Crippen LogP contribution in [0, 0.1) is 0 Å². The van der Waals surface area contributed by atoms with Crippen LogP contribution in [-0.2, 0) is 11.3 Å². The molecule has 0 radical (unpaired) electrons. The summed E-state index contributed by atoms with van der Waals surface area (Å²) in [5.41, 5.74) is 0.944. The van der Waals surface area contributed by atoms with E-state index in [-0.39, 0.29) is 18.5 Å². The molecule has 6 heteroatoms. The Morgan fingerprint density at radius 3 is 2.90 bits per heavy atom. The third-order valence-electron chi connectivity index (χ3n) is 3.18. The van der Waals surface area contributed by atoms with Crippen molar-refractivity contribution in [1.82, 2.24) is 19.7 Å². The fourth-order valence-electron chi connectivity index (χ4n) is 2.12. The lowest BCUT2D eigenvalue weighted by molar-refractivity contribution is -0.122. The van der Waals surface area contributed by atoms with Crippen LogP contribution in [0.1, 0.15) is 17.8 Å². The first-order valence-electron chi connectivity index (χ1n) is 6.71. The highest BCUT2D eigenvalue weighted by atomic mass is 32.1. The molecule has 3 heterocycles. The fraction of sp³-hybridized carbons (Fsp3) is 0.200. The summed E-state index contributed by atoms with van der Waals surface area (Å²) < 4.78 is 3.60. The minimum atomic E-state index is -0.0435. The topological polar surface area (TPSA) is 51.9 Å². The Balaban J connectivity index is 1.60. The van der Waals surface area contributed by atoms with Crippen LogP contribution in [0.25, 0.3) is 5.69 Å². The van der Waals surface area contributed by atoms with Crippen molar-refractivity contribution in [3.63, 3.8) is 0 Å². The van der Waals surface area contributed by atoms with Crippen LogP contribution in [-0.4, -0.2) is 20.3 Å². The van der Waals surface area contributed by atoms with Gasteiger partial charge in [0.25, 0.3) is 0 Å². The molecule has 108 valence electrons. The van der Waals surface area contributed by atoms with Gasteiger partial charge >= 0.3 is 0 Å². The predicted molar refractivity (Wildman–Crippen MR) is 82.4 cm³/mol. The third-order valence-corrected chi connectivity index (χ3v) is 4.23. The van der Waals surface area contributed by atoms with Gasteiger partial charge < -0.3 is 9.88 Å². The van der Waals surface area contributed by atoms with Crippen molar-refractivity contribution in [3.8, 4) is 5.69 Å². The number of carbonyl (C=O) groups excluding carboxylic acids is 1. The number of rotatable bonds is 5. The summed E-state index contributed by atoms with van der Waals surface area (Å²) in [5.74, 6) is -0.0435. The van der Waals surface area contributed by atoms with Crippen molar-refractivity contribution in [2.24, 2.45) is 0 Å². The normalized spacial score (nSPS) is 12.2. The van der Waals surface area contributed by atoms with Crippen LogP contribution < -0.4 is 5.32 Å². The maximum atomic E-state index is 12.0. The number of nitrogens with one attached hydrogen (secondary N) is 1. The van der Waals surface area contributed by atoms with Gasteiger partial charge in [0.2, 0.25) is 5.91 Å². The van der Waals surface area contributed by atoms with Crippen molar-refractivity contribution in [2.45, 2.75) is 19.5 Å². The summed E-state index contributed by atoms with van der Waals surface area (Å²) in [5, 5.41) is 9.21. The Hall–Kier alpha value is -2.34. The van der Waals surface area contributed by atoms with Gasteiger partial charge in [-0.2, -0.15) is 5.10 Å². The molecule has 0 aliphatic rings. The number of nitrogens with zero attached hydrogens (tertiary/aromatic N) is 3. The van der Waals surface area contributed by atoms with Crippen molar-refractivity contribution < 1.29 is 4.79 Å². The number of amides is 1. The van der Waals surface area contributed by atoms with Crippen molar-refractivity contribution in [2.75, 3.05) is 0 Å². The van der Waals surface area contributed by atoms with E-state index in [1.165, 1.54) is 0 Å². The van der Waals surface area contributed by atoms with Gasteiger partial charge in [0.1, 0.15) is 6.54 Å². The summed E-state index contributed by atoms with van der Waals surface area (Å²) in [6.45, 7) is 2.20. The molecule has 0 bridgehead atoms. The molecule has 5 nitrogen and oxygen atoms in total. The van der Waals surface area contributed by atoms with E-state index in [1.807, 2.05) is 59.7 Å². The molecule has 0 aliphatic heterocycles. The molecule has 0 saturated carbocycles. The van der Waals surface area contributed by atoms with Gasteiger partial charge in [-0.25, -0.2) is 0 Å². The van der Waals surface area contributed by atoms with E-state index >= 15 is 0 Å². The van der Waals surface area contributed by atoms with Crippen LogP contribution >= 0.6 is 11.3 Å². The SMILES string of the molecule is CC(NC(=O)Cn1cc(-n2cccc2)cn1)c1cccs1. The lowest BCUT2D eigenvalue weighted by Gasteiger charge is -2.12. The largest absolute Gasteiger partial charge is 0.347 e. The molecule has 3 aromatic rings. The second kappa shape index (κ2) is 5.97. The quantitative estimate of drug-likeness (QED) is 0.787. The second-order valence-corrected chi connectivity index (χ2v) is 5.77. The summed E-state index contributed by atoms with van der Waals surface area (Å²) in [7, 11) is 0. The Bertz CT molecular complexity index is 700. The molecule has 21 heavy (non-hydrogen) atoms. The molecule has 0 aliphatic carbocycles. The summed E-state index contributed by atoms with van der Waals surface area (Å²) in [6, 6.07) is 7.93. The zero-order valence-electron chi connectivity index (χ0n) is 11.6. The van der Waals surface area contributed by atoms with Crippen LogP contribution in [0.5, 0.6) is 0 Å². The van der Waals surface area contributed by atoms with Crippen molar-refractivity contribution in [3.05, 3.63) is 59.3 Å². The zero-order chi connectivity index (χ0) is 14.7. The van der Waals surface area contributed by atoms with Crippen molar-refractivity contribution >= 4 is 17.2 Å². The predicted octanol–water partition coefficient (Wildman–Crippen LogP) is 2.61. The molecule has 1 atom stereocenters. The number of hydrogen-bond donors (Lipinski definition) is 1. The number of thiophene rings is 1. The van der Waals surface area contributed by atoms with Gasteiger partial charge in [0.05, 0.1) is 17.9 Å². The average Bonchev–Trinajstić information content (AvgIpc) is 3.21. The second-order valence-electron chi connectivity index (χ2n) is 4.79. The lowest BCUT2D eigenvalue weighted by atomic mass is 10.3. The van der Waals surface area contributed by atoms with Crippen molar-refractivity contribution in [1.29, 1.82) is 0 Å². The van der Waals surface area contributed by atoms with Gasteiger partial charge in [-0.05, 0) is 30.5 Å². The van der Waals surface area contributed by atoms with E-state index in [0.29, 0.717) is 0 Å². The summed E-state index contributed by atoms with van der Waals surface area (Å²) >= 11 is 1.64. The highest BCUT2D eigenvalue weighted by Crippen LogP contribution is 2.17. The van der Waals surface area contributed by atoms with Gasteiger partial charge in [0.15, 0.2) is 0 Å². The van der Waals surface area contributed by atoms with Gasteiger partial charge in [-0.3, -0.25) is 9.48 Å². The number of hydrogen-bond acceptors (Lipinski definition) is 3. The average molecular weight is 300 g/mol. The van der Waals surface area contributed by atoms with Gasteiger partial charge in [-0.1, -0.05) is 6.07 Å². The van der Waals surface area contributed by atoms with E-state index < -0.39 is 0 Å². The molecule has 0 spiro atoms. The Morgan fingerprint density at radius 2 is 2.19 bits per heavy atom. The minimum Gasteiger partial charge on any atom is -0.347 e. The molecule has 0 fully saturated rings. The van der Waals surface area contributed by atoms with Crippen LogP contribution in [0.15, 0.2) is 54.4 Å². The number of aromatic nitrogens is 3. The van der Waals surface area contributed by atoms with Gasteiger partial charge in [-0.15, -0.1) is 11.3 Å². The minimum absolute atomic E-state index is 0.0250. The molecule has 3 rings (SSSR count). The van der Waals surface area contributed by atoms with Crippen LogP contribution in [0.2, 0.25) is 0 Å². The molecule has 0 saturated heterocycles. The van der Waals surface area contributed by atoms with Crippen LogP contribution in [0.3, 0.4) is 0 Å².